The number of fused-ring (bicyclic) bond motifs is 2. The van der Waals surface area contributed by atoms with Gasteiger partial charge in [-0.1, -0.05) is 12.1 Å². The maximum absolute atomic E-state index is 12.7. The number of aromatic hydroxyl groups is 3. The van der Waals surface area contributed by atoms with E-state index in [0.717, 1.165) is 6.07 Å². The van der Waals surface area contributed by atoms with Gasteiger partial charge in [-0.05, 0) is 29.8 Å². The van der Waals surface area contributed by atoms with Crippen LogP contribution in [0.4, 0.5) is 0 Å². The van der Waals surface area contributed by atoms with Crippen LogP contribution in [0.25, 0.3) is 0 Å². The highest BCUT2D eigenvalue weighted by Crippen LogP contribution is 2.45. The Balaban J connectivity index is 1.49. The number of aliphatic hydroxyl groups excluding tert-OH is 2. The first-order valence-corrected chi connectivity index (χ1v) is 10.7. The van der Waals surface area contributed by atoms with Gasteiger partial charge in [0.1, 0.15) is 22.8 Å². The maximum atomic E-state index is 12.7. The number of rotatable bonds is 4. The molecule has 5 N–H and O–H groups in total. The van der Waals surface area contributed by atoms with Crippen molar-refractivity contribution in [3.05, 3.63) is 65.2 Å². The maximum Gasteiger partial charge on any atom is 0.202 e. The van der Waals surface area contributed by atoms with Crippen molar-refractivity contribution in [1.29, 1.82) is 0 Å². The van der Waals surface area contributed by atoms with Gasteiger partial charge in [0.05, 0.1) is 13.7 Å². The summed E-state index contributed by atoms with van der Waals surface area (Å²) < 4.78 is 23.0. The van der Waals surface area contributed by atoms with Gasteiger partial charge in [-0.2, -0.15) is 0 Å². The van der Waals surface area contributed by atoms with Crippen LogP contribution in [0.3, 0.4) is 0 Å². The molecule has 4 atom stereocenters. The number of hydrogen-bond donors (Lipinski definition) is 5. The summed E-state index contributed by atoms with van der Waals surface area (Å²) in [5.74, 6) is -0.823. The zero-order valence-electron chi connectivity index (χ0n) is 18.4. The van der Waals surface area contributed by atoms with Crippen LogP contribution >= 0.6 is 0 Å². The Morgan fingerprint density at radius 1 is 0.829 bits per heavy atom. The average molecular weight is 482 g/mol. The van der Waals surface area contributed by atoms with E-state index in [2.05, 4.69) is 0 Å². The summed E-state index contributed by atoms with van der Waals surface area (Å²) in [5, 5.41) is 50.2. The van der Waals surface area contributed by atoms with E-state index in [1.807, 2.05) is 0 Å². The smallest absolute Gasteiger partial charge is 0.202 e. The second-order valence-electron chi connectivity index (χ2n) is 8.20. The summed E-state index contributed by atoms with van der Waals surface area (Å²) in [6.45, 7) is -0.349. The van der Waals surface area contributed by atoms with E-state index in [0.29, 0.717) is 16.9 Å². The van der Waals surface area contributed by atoms with E-state index in [-0.39, 0.29) is 40.9 Å². The molecule has 2 aliphatic rings. The third kappa shape index (κ3) is 3.82. The van der Waals surface area contributed by atoms with Gasteiger partial charge in [-0.3, -0.25) is 4.79 Å². The Labute approximate surface area is 199 Å². The van der Waals surface area contributed by atoms with Crippen LogP contribution in [0.2, 0.25) is 0 Å². The Bertz CT molecular complexity index is 1300. The van der Waals surface area contributed by atoms with Gasteiger partial charge in [0.25, 0.3) is 0 Å². The molecule has 0 fully saturated rings. The molecule has 0 saturated carbocycles. The van der Waals surface area contributed by atoms with Crippen LogP contribution in [0.15, 0.2) is 48.5 Å². The number of hydrogen-bond acceptors (Lipinski definition) is 10. The molecule has 0 radical (unpaired) electrons. The second-order valence-corrected chi connectivity index (χ2v) is 8.20. The summed E-state index contributed by atoms with van der Waals surface area (Å²) in [5.41, 5.74) is 0.751. The van der Waals surface area contributed by atoms with Crippen molar-refractivity contribution in [2.75, 3.05) is 13.7 Å². The third-order valence-electron chi connectivity index (χ3n) is 6.00. The van der Waals surface area contributed by atoms with Gasteiger partial charge in [0.2, 0.25) is 5.78 Å². The molecule has 0 aliphatic carbocycles. The number of phenols is 3. The molecule has 3 aromatic rings. The minimum atomic E-state index is -1.62. The molecule has 0 bridgehead atoms. The van der Waals surface area contributed by atoms with Crippen LogP contribution in [0.1, 0.15) is 33.7 Å². The molecule has 1 unspecified atom stereocenters. The highest BCUT2D eigenvalue weighted by Gasteiger charge is 2.40. The lowest BCUT2D eigenvalue weighted by molar-refractivity contribution is -0.0130. The number of aliphatic hydroxyl groups is 2. The minimum Gasteiger partial charge on any atom is -0.508 e. The molecule has 0 aromatic heterocycles. The fourth-order valence-electron chi connectivity index (χ4n) is 4.28. The standard InChI is InChI=1S/C25H22O10/c1-32-17-6-11(2-4-14(17)28)24-20(10-26)33-16-5-3-12(7-18(16)34-24)25-23(31)22(30)21-15(29)8-13(27)9-19(21)35-25/h2-9,20,23-29,31H,10H2,1H3/t20-,23+,24-,25?/m1/s1. The Morgan fingerprint density at radius 2 is 1.54 bits per heavy atom. The molecule has 5 rings (SSSR count). The molecular weight excluding hydrogens is 460 g/mol. The predicted octanol–water partition coefficient (Wildman–Crippen LogP) is 2.36. The summed E-state index contributed by atoms with van der Waals surface area (Å²) >= 11 is 0. The number of benzene rings is 3. The average Bonchev–Trinajstić information content (AvgIpc) is 2.85. The molecular formula is C25H22O10. The monoisotopic (exact) mass is 482 g/mol. The molecule has 2 aliphatic heterocycles. The fourth-order valence-corrected chi connectivity index (χ4v) is 4.28. The van der Waals surface area contributed by atoms with Gasteiger partial charge in [-0.25, -0.2) is 0 Å². The van der Waals surface area contributed by atoms with Crippen molar-refractivity contribution in [2.24, 2.45) is 0 Å². The molecule has 0 spiro atoms. The van der Waals surface area contributed by atoms with E-state index in [1.165, 1.54) is 19.2 Å². The van der Waals surface area contributed by atoms with Gasteiger partial charge in [-0.15, -0.1) is 0 Å². The van der Waals surface area contributed by atoms with E-state index >= 15 is 0 Å². The number of methoxy groups -OCH3 is 1. The highest BCUT2D eigenvalue weighted by atomic mass is 16.6. The van der Waals surface area contributed by atoms with Gasteiger partial charge in [0.15, 0.2) is 47.4 Å². The van der Waals surface area contributed by atoms with Gasteiger partial charge < -0.3 is 44.5 Å². The molecule has 10 heteroatoms. The molecule has 2 heterocycles. The lowest BCUT2D eigenvalue weighted by atomic mass is 9.92. The first kappa shape index (κ1) is 22.6. The van der Waals surface area contributed by atoms with Crippen LogP contribution in [-0.4, -0.2) is 57.2 Å². The van der Waals surface area contributed by atoms with Crippen molar-refractivity contribution < 1.29 is 49.3 Å². The number of Topliss-reactive ketones (excluding diaryl/α,β-unsaturated/α-hetero) is 1. The van der Waals surface area contributed by atoms with Crippen LogP contribution in [0, 0.1) is 0 Å². The highest BCUT2D eigenvalue weighted by molar-refractivity contribution is 6.05. The van der Waals surface area contributed by atoms with Crippen molar-refractivity contribution in [1.82, 2.24) is 0 Å². The summed E-state index contributed by atoms with van der Waals surface area (Å²) in [6.07, 6.45) is -4.28. The number of carbonyl (C=O) groups is 1. The second kappa shape index (κ2) is 8.57. The Morgan fingerprint density at radius 3 is 2.29 bits per heavy atom. The van der Waals surface area contributed by atoms with Crippen molar-refractivity contribution >= 4 is 5.78 Å². The SMILES string of the molecule is COc1cc([C@H]2Oc3cc(C4Oc5cc(O)cc(O)c5C(=O)[C@@H]4O)ccc3O[C@@H]2CO)ccc1O. The predicted molar refractivity (Wildman–Crippen MR) is 119 cm³/mol. The molecule has 3 aromatic carbocycles. The van der Waals surface area contributed by atoms with E-state index in [1.54, 1.807) is 30.3 Å². The van der Waals surface area contributed by atoms with Crippen molar-refractivity contribution in [3.63, 3.8) is 0 Å². The number of carbonyl (C=O) groups excluding carboxylic acids is 1. The summed E-state index contributed by atoms with van der Waals surface area (Å²) in [6, 6.07) is 11.5. The number of phenolic OH excluding ortho intramolecular Hbond substituents is 3. The van der Waals surface area contributed by atoms with Gasteiger partial charge >= 0.3 is 0 Å². The van der Waals surface area contributed by atoms with Crippen molar-refractivity contribution in [3.8, 4) is 40.2 Å². The van der Waals surface area contributed by atoms with E-state index in [9.17, 15) is 30.3 Å². The van der Waals surface area contributed by atoms with Crippen LogP contribution in [-0.2, 0) is 0 Å². The lowest BCUT2D eigenvalue weighted by Gasteiger charge is -2.35. The van der Waals surface area contributed by atoms with E-state index < -0.39 is 35.9 Å². The topological polar surface area (TPSA) is 155 Å². The van der Waals surface area contributed by atoms with E-state index in [4.69, 9.17) is 18.9 Å². The Hall–Kier alpha value is -4.15. The molecule has 10 nitrogen and oxygen atoms in total. The summed E-state index contributed by atoms with van der Waals surface area (Å²) in [4.78, 5) is 12.7. The molecule has 0 saturated heterocycles. The fraction of sp³-hybridized carbons (Fsp3) is 0.240. The largest absolute Gasteiger partial charge is 0.508 e. The zero-order chi connectivity index (χ0) is 24.9. The third-order valence-corrected chi connectivity index (χ3v) is 6.00. The first-order chi connectivity index (χ1) is 16.8. The van der Waals surface area contributed by atoms with Crippen LogP contribution in [0.5, 0.6) is 40.2 Å². The Kier molecular flexibility index (Phi) is 5.54. The molecule has 182 valence electrons. The molecule has 0 amide bonds. The quantitative estimate of drug-likeness (QED) is 0.374. The lowest BCUT2D eigenvalue weighted by Crippen LogP contribution is -2.37. The zero-order valence-corrected chi connectivity index (χ0v) is 18.4. The first-order valence-electron chi connectivity index (χ1n) is 10.7. The molecule has 35 heavy (non-hydrogen) atoms. The number of ketones is 1. The summed E-state index contributed by atoms with van der Waals surface area (Å²) in [7, 11) is 1.41. The van der Waals surface area contributed by atoms with Crippen LogP contribution < -0.4 is 18.9 Å². The van der Waals surface area contributed by atoms with Crippen molar-refractivity contribution in [2.45, 2.75) is 24.4 Å². The van der Waals surface area contributed by atoms with Gasteiger partial charge in [0, 0.05) is 17.7 Å². The minimum absolute atomic E-state index is 0.0540. The number of ether oxygens (including phenoxy) is 4. The normalized spacial score (nSPS) is 22.8.